The molecule has 22 heavy (non-hydrogen) atoms. The number of anilines is 1. The Hall–Kier alpha value is -2.38. The lowest BCUT2D eigenvalue weighted by atomic mass is 10.1. The fraction of sp³-hybridized carbons (Fsp3) is 0.571. The fourth-order valence-electron chi connectivity index (χ4n) is 2.72. The van der Waals surface area contributed by atoms with Crippen LogP contribution >= 0.6 is 0 Å². The Morgan fingerprint density at radius 3 is 3.18 bits per heavy atom. The fourth-order valence-corrected chi connectivity index (χ4v) is 2.72. The maximum Gasteiger partial charge on any atom is 0.320 e. The number of nitrogens with one attached hydrogen (secondary N) is 2. The van der Waals surface area contributed by atoms with Crippen molar-refractivity contribution in [3.63, 3.8) is 0 Å². The molecule has 2 N–H and O–H groups in total. The number of amides is 2. The van der Waals surface area contributed by atoms with Gasteiger partial charge in [-0.1, -0.05) is 13.3 Å². The minimum absolute atomic E-state index is 0.0672. The molecular formula is C14H21N7O. The zero-order valence-electron chi connectivity index (χ0n) is 12.9. The van der Waals surface area contributed by atoms with Gasteiger partial charge in [0.25, 0.3) is 0 Å². The maximum atomic E-state index is 12.1. The van der Waals surface area contributed by atoms with Gasteiger partial charge in [0.2, 0.25) is 0 Å². The average molecular weight is 303 g/mol. The van der Waals surface area contributed by atoms with Crippen molar-refractivity contribution < 1.29 is 4.79 Å². The predicted octanol–water partition coefficient (Wildman–Crippen LogP) is 1.10. The van der Waals surface area contributed by atoms with E-state index in [-0.39, 0.29) is 12.1 Å². The van der Waals surface area contributed by atoms with Crippen molar-refractivity contribution in [3.8, 4) is 0 Å². The summed E-state index contributed by atoms with van der Waals surface area (Å²) in [4.78, 5) is 16.3. The van der Waals surface area contributed by atoms with E-state index < -0.39 is 0 Å². The zero-order valence-corrected chi connectivity index (χ0v) is 12.9. The first-order valence-electron chi connectivity index (χ1n) is 7.63. The molecule has 0 aliphatic carbocycles. The second-order valence-electron chi connectivity index (χ2n) is 5.59. The second kappa shape index (κ2) is 6.17. The molecule has 2 aromatic heterocycles. The highest BCUT2D eigenvalue weighted by molar-refractivity contribution is 5.88. The van der Waals surface area contributed by atoms with Crippen LogP contribution in [0.5, 0.6) is 0 Å². The van der Waals surface area contributed by atoms with Crippen molar-refractivity contribution in [1.29, 1.82) is 0 Å². The molecule has 0 fully saturated rings. The number of carbonyl (C=O) groups excluding carboxylic acids is 1. The summed E-state index contributed by atoms with van der Waals surface area (Å²) < 4.78 is 3.54. The van der Waals surface area contributed by atoms with E-state index in [1.807, 2.05) is 17.8 Å². The molecule has 3 heterocycles. The summed E-state index contributed by atoms with van der Waals surface area (Å²) in [5.41, 5.74) is 0.991. The molecule has 118 valence electrons. The lowest BCUT2D eigenvalue weighted by molar-refractivity contribution is 0.243. The van der Waals surface area contributed by atoms with Gasteiger partial charge in [-0.05, 0) is 12.8 Å². The van der Waals surface area contributed by atoms with Crippen LogP contribution in [0, 0.1) is 0 Å². The summed E-state index contributed by atoms with van der Waals surface area (Å²) in [6, 6.07) is 1.77. The number of carbonyl (C=O) groups is 1. The normalized spacial score (nSPS) is 17.1. The molecule has 0 aromatic carbocycles. The number of aryl methyl sites for hydroxylation is 3. The van der Waals surface area contributed by atoms with Gasteiger partial charge >= 0.3 is 6.03 Å². The summed E-state index contributed by atoms with van der Waals surface area (Å²) in [5.74, 6) is 1.69. The first-order valence-corrected chi connectivity index (χ1v) is 7.63. The average Bonchev–Trinajstić information content (AvgIpc) is 3.06. The smallest absolute Gasteiger partial charge is 0.320 e. The predicted molar refractivity (Wildman–Crippen MR) is 81.5 cm³/mol. The highest BCUT2D eigenvalue weighted by Gasteiger charge is 2.21. The summed E-state index contributed by atoms with van der Waals surface area (Å²) in [6.07, 6.45) is 5.21. The molecule has 0 radical (unpaired) electrons. The van der Waals surface area contributed by atoms with Crippen molar-refractivity contribution in [2.75, 3.05) is 5.32 Å². The van der Waals surface area contributed by atoms with E-state index in [1.54, 1.807) is 11.0 Å². The van der Waals surface area contributed by atoms with Crippen LogP contribution in [0.3, 0.4) is 0 Å². The van der Waals surface area contributed by atoms with Gasteiger partial charge in [0.15, 0.2) is 0 Å². The molecule has 1 atom stereocenters. The minimum Gasteiger partial charge on any atom is -0.333 e. The maximum absolute atomic E-state index is 12.1. The molecule has 3 rings (SSSR count). The second-order valence-corrected chi connectivity index (χ2v) is 5.59. The van der Waals surface area contributed by atoms with Gasteiger partial charge in [-0.25, -0.2) is 14.5 Å². The lowest BCUT2D eigenvalue weighted by Gasteiger charge is -2.23. The van der Waals surface area contributed by atoms with E-state index in [2.05, 4.69) is 32.7 Å². The van der Waals surface area contributed by atoms with Crippen molar-refractivity contribution in [3.05, 3.63) is 23.9 Å². The van der Waals surface area contributed by atoms with Gasteiger partial charge in [-0.2, -0.15) is 10.2 Å². The monoisotopic (exact) mass is 303 g/mol. The first-order chi connectivity index (χ1) is 10.7. The Kier molecular flexibility index (Phi) is 4.08. The van der Waals surface area contributed by atoms with Crippen molar-refractivity contribution >= 4 is 11.8 Å². The summed E-state index contributed by atoms with van der Waals surface area (Å²) in [7, 11) is 1.83. The molecule has 8 nitrogen and oxygen atoms in total. The molecule has 1 aliphatic rings. The van der Waals surface area contributed by atoms with Crippen molar-refractivity contribution in [1.82, 2.24) is 29.9 Å². The van der Waals surface area contributed by atoms with E-state index in [0.717, 1.165) is 37.2 Å². The number of fused-ring (bicyclic) bond motifs is 1. The zero-order chi connectivity index (χ0) is 15.5. The topological polar surface area (TPSA) is 89.7 Å². The van der Waals surface area contributed by atoms with Gasteiger partial charge in [0, 0.05) is 19.5 Å². The number of aromatic nitrogens is 5. The third-order valence-corrected chi connectivity index (χ3v) is 3.82. The van der Waals surface area contributed by atoms with Gasteiger partial charge in [-0.15, -0.1) is 0 Å². The van der Waals surface area contributed by atoms with Crippen LogP contribution in [-0.2, 0) is 26.4 Å². The molecule has 1 aliphatic heterocycles. The quantitative estimate of drug-likeness (QED) is 0.885. The van der Waals surface area contributed by atoms with Crippen LogP contribution in [0.2, 0.25) is 0 Å². The highest BCUT2D eigenvalue weighted by atomic mass is 16.2. The molecule has 0 bridgehead atoms. The van der Waals surface area contributed by atoms with Gasteiger partial charge in [0.1, 0.15) is 18.0 Å². The summed E-state index contributed by atoms with van der Waals surface area (Å²) in [5, 5.41) is 14.4. The van der Waals surface area contributed by atoms with Crippen LogP contribution in [0.15, 0.2) is 12.4 Å². The molecular weight excluding hydrogens is 282 g/mol. The van der Waals surface area contributed by atoms with Crippen LogP contribution in [0.25, 0.3) is 0 Å². The van der Waals surface area contributed by atoms with E-state index in [0.29, 0.717) is 12.4 Å². The van der Waals surface area contributed by atoms with Crippen LogP contribution in [-0.4, -0.2) is 36.6 Å². The summed E-state index contributed by atoms with van der Waals surface area (Å²) in [6.45, 7) is 2.77. The number of urea groups is 1. The largest absolute Gasteiger partial charge is 0.333 e. The Bertz CT molecular complexity index is 660. The Labute approximate surface area is 128 Å². The third kappa shape index (κ3) is 3.10. The first kappa shape index (κ1) is 14.6. The lowest BCUT2D eigenvalue weighted by Crippen LogP contribution is -2.43. The van der Waals surface area contributed by atoms with E-state index in [1.165, 1.54) is 0 Å². The van der Waals surface area contributed by atoms with Gasteiger partial charge in [-0.3, -0.25) is 10.00 Å². The number of rotatable bonds is 4. The van der Waals surface area contributed by atoms with E-state index >= 15 is 0 Å². The van der Waals surface area contributed by atoms with Gasteiger partial charge in [0.05, 0.1) is 18.3 Å². The molecule has 0 saturated heterocycles. The third-order valence-electron chi connectivity index (χ3n) is 3.82. The highest BCUT2D eigenvalue weighted by Crippen LogP contribution is 2.13. The minimum atomic E-state index is -0.209. The molecule has 1 unspecified atom stereocenters. The van der Waals surface area contributed by atoms with Crippen molar-refractivity contribution in [2.24, 2.45) is 7.05 Å². The SMILES string of the molecule is CCCc1cc(NC(=O)NC2CCc3ncnn3C2)n(C)n1. The Morgan fingerprint density at radius 1 is 1.50 bits per heavy atom. The Balaban J connectivity index is 1.57. The molecule has 8 heteroatoms. The van der Waals surface area contributed by atoms with Gasteiger partial charge < -0.3 is 5.32 Å². The summed E-state index contributed by atoms with van der Waals surface area (Å²) >= 11 is 0. The number of nitrogens with zero attached hydrogens (tertiary/aromatic N) is 5. The van der Waals surface area contributed by atoms with Crippen LogP contribution in [0.4, 0.5) is 10.6 Å². The van der Waals surface area contributed by atoms with Crippen LogP contribution in [0.1, 0.15) is 31.3 Å². The number of hydrogen-bond acceptors (Lipinski definition) is 4. The number of hydrogen-bond donors (Lipinski definition) is 2. The standard InChI is InChI=1S/C14H21N7O/c1-3-4-10-7-13(20(2)19-10)18-14(22)17-11-5-6-12-15-9-16-21(12)8-11/h7,9,11H,3-6,8H2,1-2H3,(H2,17,18,22). The molecule has 0 saturated carbocycles. The van der Waals surface area contributed by atoms with Crippen LogP contribution < -0.4 is 10.6 Å². The molecule has 2 amide bonds. The molecule has 0 spiro atoms. The molecule has 2 aromatic rings. The van der Waals surface area contributed by atoms with E-state index in [9.17, 15) is 4.79 Å². The van der Waals surface area contributed by atoms with Crippen molar-refractivity contribution in [2.45, 2.75) is 45.2 Å². The Morgan fingerprint density at radius 2 is 2.36 bits per heavy atom. The van der Waals surface area contributed by atoms with E-state index in [4.69, 9.17) is 0 Å².